The first-order chi connectivity index (χ1) is 17.9. The normalized spacial score (nSPS) is 11.6. The average molecular weight is 644 g/mol. The van der Waals surface area contributed by atoms with E-state index in [4.69, 9.17) is 27.9 Å². The molecule has 2 aromatic carbocycles. The van der Waals surface area contributed by atoms with E-state index in [9.17, 15) is 13.2 Å². The van der Waals surface area contributed by atoms with Crippen LogP contribution in [0.4, 0.5) is 22.0 Å². The van der Waals surface area contributed by atoms with Gasteiger partial charge in [0.25, 0.3) is 10.0 Å². The lowest BCUT2D eigenvalue weighted by Crippen LogP contribution is -2.39. The topological polar surface area (TPSA) is 91.8 Å². The maximum absolute atomic E-state index is 13.5. The molecule has 0 aliphatic heterocycles. The molecule has 0 saturated heterocycles. The fourth-order valence-electron chi connectivity index (χ4n) is 3.46. The molecule has 38 heavy (non-hydrogen) atoms. The van der Waals surface area contributed by atoms with Gasteiger partial charge in [0.15, 0.2) is 5.82 Å². The van der Waals surface area contributed by atoms with Crippen molar-refractivity contribution in [2.45, 2.75) is 31.3 Å². The first kappa shape index (κ1) is 30.0. The second-order valence-corrected chi connectivity index (χ2v) is 12.7. The van der Waals surface area contributed by atoms with Crippen LogP contribution in [0.3, 0.4) is 0 Å². The van der Waals surface area contributed by atoms with E-state index in [0.717, 1.165) is 0 Å². The Hall–Kier alpha value is -2.53. The van der Waals surface area contributed by atoms with Gasteiger partial charge < -0.3 is 10.1 Å². The lowest BCUT2D eigenvalue weighted by molar-refractivity contribution is 0.0581. The molecule has 3 rings (SSSR count). The second kappa shape index (κ2) is 13.0. The third kappa shape index (κ3) is 7.99. The van der Waals surface area contributed by atoms with E-state index in [-0.39, 0.29) is 24.5 Å². The number of amides is 1. The Balaban J connectivity index is 1.86. The van der Waals surface area contributed by atoms with Gasteiger partial charge >= 0.3 is 6.09 Å². The maximum atomic E-state index is 13.5. The van der Waals surface area contributed by atoms with E-state index < -0.39 is 21.7 Å². The van der Waals surface area contributed by atoms with Gasteiger partial charge in [-0.15, -0.1) is 0 Å². The number of alkyl halides is 1. The number of halogens is 3. The predicted octanol–water partition coefficient (Wildman–Crippen LogP) is 6.83. The molecule has 0 atom stereocenters. The van der Waals surface area contributed by atoms with Crippen molar-refractivity contribution in [3.8, 4) is 0 Å². The number of carbonyl (C=O) groups is 1. The first-order valence-electron chi connectivity index (χ1n) is 11.7. The molecule has 0 aliphatic rings. The van der Waals surface area contributed by atoms with Gasteiger partial charge in [-0.3, -0.25) is 9.21 Å². The standard InChI is InChI=1S/C26H29BrCl2N4O4S/c1-26(2,3)37-25(34)32(21-10-6-19(28)7-11-21)18-16-31-24-23(5-4-15-30-24)33(17-14-27)38(35,36)22-12-8-20(29)9-13-22/h4-13,15H,14,16-18H2,1-3H3,(H,30,31). The Morgan fingerprint density at radius 1 is 1.00 bits per heavy atom. The van der Waals surface area contributed by atoms with Crippen molar-refractivity contribution >= 4 is 72.4 Å². The van der Waals surface area contributed by atoms with Gasteiger partial charge in [0.1, 0.15) is 5.60 Å². The molecule has 0 saturated carbocycles. The number of aromatic nitrogens is 1. The quantitative estimate of drug-likeness (QED) is 0.244. The highest BCUT2D eigenvalue weighted by Crippen LogP contribution is 2.30. The van der Waals surface area contributed by atoms with E-state index in [0.29, 0.717) is 32.6 Å². The molecular weight excluding hydrogens is 615 g/mol. The summed E-state index contributed by atoms with van der Waals surface area (Å²) in [6.45, 7) is 6.03. The number of hydrogen-bond donors (Lipinski definition) is 1. The van der Waals surface area contributed by atoms with E-state index in [1.54, 1.807) is 63.4 Å². The van der Waals surface area contributed by atoms with Gasteiger partial charge in [0.2, 0.25) is 0 Å². The molecule has 0 fully saturated rings. The molecule has 8 nitrogen and oxygen atoms in total. The molecule has 0 aliphatic carbocycles. The summed E-state index contributed by atoms with van der Waals surface area (Å²) in [5.41, 5.74) is 0.297. The summed E-state index contributed by atoms with van der Waals surface area (Å²) in [6, 6.07) is 16.2. The van der Waals surface area contributed by atoms with Crippen LogP contribution in [-0.4, -0.2) is 50.1 Å². The number of anilines is 3. The third-order valence-corrected chi connectivity index (χ3v) is 7.81. The zero-order valence-corrected chi connectivity index (χ0v) is 25.1. The number of nitrogens with zero attached hydrogens (tertiary/aromatic N) is 3. The lowest BCUT2D eigenvalue weighted by atomic mass is 10.2. The highest BCUT2D eigenvalue weighted by Gasteiger charge is 2.27. The van der Waals surface area contributed by atoms with Crippen LogP contribution in [0.5, 0.6) is 0 Å². The Morgan fingerprint density at radius 2 is 1.61 bits per heavy atom. The molecule has 204 valence electrons. The van der Waals surface area contributed by atoms with Crippen LogP contribution in [0.1, 0.15) is 20.8 Å². The zero-order chi connectivity index (χ0) is 27.9. The maximum Gasteiger partial charge on any atom is 0.414 e. The first-order valence-corrected chi connectivity index (χ1v) is 15.0. The number of benzene rings is 2. The molecule has 1 N–H and O–H groups in total. The minimum absolute atomic E-state index is 0.108. The van der Waals surface area contributed by atoms with E-state index in [1.807, 2.05) is 0 Å². The number of hydrogen-bond acceptors (Lipinski definition) is 6. The fraction of sp³-hybridized carbons (Fsp3) is 0.308. The van der Waals surface area contributed by atoms with Crippen molar-refractivity contribution < 1.29 is 17.9 Å². The van der Waals surface area contributed by atoms with Gasteiger partial charge in [0.05, 0.1) is 10.6 Å². The molecular formula is C26H29BrCl2N4O4S. The summed E-state index contributed by atoms with van der Waals surface area (Å²) >= 11 is 15.3. The number of pyridine rings is 1. The van der Waals surface area contributed by atoms with Crippen LogP contribution in [0.2, 0.25) is 10.0 Å². The smallest absolute Gasteiger partial charge is 0.414 e. The van der Waals surface area contributed by atoms with Gasteiger partial charge in [-0.2, -0.15) is 0 Å². The highest BCUT2D eigenvalue weighted by molar-refractivity contribution is 9.09. The minimum Gasteiger partial charge on any atom is -0.443 e. The number of carbonyl (C=O) groups excluding carboxylic acids is 1. The van der Waals surface area contributed by atoms with E-state index in [1.165, 1.54) is 33.5 Å². The van der Waals surface area contributed by atoms with Crippen LogP contribution in [0.25, 0.3) is 0 Å². The monoisotopic (exact) mass is 642 g/mol. The predicted molar refractivity (Wildman–Crippen MR) is 158 cm³/mol. The van der Waals surface area contributed by atoms with Crippen molar-refractivity contribution in [3.63, 3.8) is 0 Å². The number of ether oxygens (including phenoxy) is 1. The average Bonchev–Trinajstić information content (AvgIpc) is 2.85. The molecule has 12 heteroatoms. The Labute approximate surface area is 242 Å². The van der Waals surface area contributed by atoms with Crippen molar-refractivity contribution in [2.24, 2.45) is 0 Å². The molecule has 0 spiro atoms. The van der Waals surface area contributed by atoms with Crippen molar-refractivity contribution in [1.82, 2.24) is 4.98 Å². The number of sulfonamides is 1. The minimum atomic E-state index is -3.91. The fourth-order valence-corrected chi connectivity index (χ4v) is 5.78. The zero-order valence-electron chi connectivity index (χ0n) is 21.2. The molecule has 1 heterocycles. The van der Waals surface area contributed by atoms with Crippen LogP contribution in [-0.2, 0) is 14.8 Å². The molecule has 0 unspecified atom stereocenters. The summed E-state index contributed by atoms with van der Waals surface area (Å²) in [6.07, 6.45) is 1.05. The van der Waals surface area contributed by atoms with Gasteiger partial charge in [-0.05, 0) is 81.4 Å². The van der Waals surface area contributed by atoms with Crippen LogP contribution >= 0.6 is 39.1 Å². The van der Waals surface area contributed by atoms with Crippen molar-refractivity contribution in [1.29, 1.82) is 0 Å². The van der Waals surface area contributed by atoms with E-state index in [2.05, 4.69) is 26.2 Å². The summed E-state index contributed by atoms with van der Waals surface area (Å²) in [7, 11) is -3.91. The molecule has 1 amide bonds. The summed E-state index contributed by atoms with van der Waals surface area (Å²) < 4.78 is 33.9. The van der Waals surface area contributed by atoms with Crippen LogP contribution in [0, 0.1) is 0 Å². The number of rotatable bonds is 10. The summed E-state index contributed by atoms with van der Waals surface area (Å²) in [5, 5.41) is 4.57. The van der Waals surface area contributed by atoms with E-state index >= 15 is 0 Å². The summed E-state index contributed by atoms with van der Waals surface area (Å²) in [5.74, 6) is 0.353. The number of nitrogens with one attached hydrogen (secondary N) is 1. The Morgan fingerprint density at radius 3 is 2.18 bits per heavy atom. The van der Waals surface area contributed by atoms with Crippen molar-refractivity contribution in [3.05, 3.63) is 76.9 Å². The molecule has 0 bridgehead atoms. The highest BCUT2D eigenvalue weighted by atomic mass is 79.9. The Kier molecular flexibility index (Phi) is 10.3. The Bertz CT molecular complexity index is 1330. The van der Waals surface area contributed by atoms with Gasteiger partial charge in [-0.25, -0.2) is 18.2 Å². The van der Waals surface area contributed by atoms with Gasteiger partial charge in [0, 0.05) is 46.9 Å². The molecule has 3 aromatic rings. The molecule has 0 radical (unpaired) electrons. The largest absolute Gasteiger partial charge is 0.443 e. The second-order valence-electron chi connectivity index (χ2n) is 9.13. The third-order valence-electron chi connectivity index (χ3n) is 5.12. The SMILES string of the molecule is CC(C)(C)OC(=O)N(CCNc1ncccc1N(CCBr)S(=O)(=O)c1ccc(Cl)cc1)c1ccc(Cl)cc1. The summed E-state index contributed by atoms with van der Waals surface area (Å²) in [4.78, 5) is 19.0. The molecule has 1 aromatic heterocycles. The van der Waals surface area contributed by atoms with Crippen LogP contribution < -0.4 is 14.5 Å². The lowest BCUT2D eigenvalue weighted by Gasteiger charge is -2.28. The van der Waals surface area contributed by atoms with Crippen LogP contribution in [0.15, 0.2) is 71.8 Å². The van der Waals surface area contributed by atoms with Crippen molar-refractivity contribution in [2.75, 3.05) is 39.5 Å². The van der Waals surface area contributed by atoms with Gasteiger partial charge in [-0.1, -0.05) is 39.1 Å².